The highest BCUT2D eigenvalue weighted by Gasteiger charge is 2.27. The molecule has 0 heterocycles. The molecule has 1 unspecified atom stereocenters. The van der Waals surface area contributed by atoms with E-state index in [0.717, 1.165) is 16.8 Å². The molecule has 0 bridgehead atoms. The second kappa shape index (κ2) is 7.70. The van der Waals surface area contributed by atoms with Gasteiger partial charge in [0.2, 0.25) is 0 Å². The minimum Gasteiger partial charge on any atom is -0.497 e. The molecule has 0 N–H and O–H groups in total. The smallest absolute Gasteiger partial charge is 0.148 e. The van der Waals surface area contributed by atoms with Crippen molar-refractivity contribution in [1.82, 2.24) is 0 Å². The summed E-state index contributed by atoms with van der Waals surface area (Å²) in [6, 6.07) is 8.04. The highest BCUT2D eigenvalue weighted by atomic mass is 32.9. The van der Waals surface area contributed by atoms with Crippen molar-refractivity contribution in [3.63, 3.8) is 0 Å². The van der Waals surface area contributed by atoms with Gasteiger partial charge in [-0.2, -0.15) is 0 Å². The van der Waals surface area contributed by atoms with Crippen molar-refractivity contribution in [2.24, 2.45) is 10.8 Å². The fourth-order valence-electron chi connectivity index (χ4n) is 1.51. The lowest BCUT2D eigenvalue weighted by molar-refractivity contribution is 0.221. The summed E-state index contributed by atoms with van der Waals surface area (Å²) in [5.74, 6) is 1.84. The second-order valence-electron chi connectivity index (χ2n) is 7.86. The van der Waals surface area contributed by atoms with Crippen LogP contribution in [0.25, 0.3) is 0 Å². The van der Waals surface area contributed by atoms with Gasteiger partial charge in [-0.25, -0.2) is 0 Å². The average molecular weight is 361 g/mol. The molecular formula is C17H29O2PS2. The summed E-state index contributed by atoms with van der Waals surface area (Å²) in [4.78, 5) is 0. The van der Waals surface area contributed by atoms with Gasteiger partial charge >= 0.3 is 0 Å². The van der Waals surface area contributed by atoms with Crippen molar-refractivity contribution in [2.75, 3.05) is 19.5 Å². The van der Waals surface area contributed by atoms with Gasteiger partial charge in [0.15, 0.2) is 0 Å². The van der Waals surface area contributed by atoms with Crippen molar-refractivity contribution in [2.45, 2.75) is 41.5 Å². The molecule has 0 aliphatic rings. The van der Waals surface area contributed by atoms with Crippen molar-refractivity contribution < 1.29 is 9.26 Å². The van der Waals surface area contributed by atoms with Gasteiger partial charge in [-0.05, 0) is 35.1 Å². The molecule has 0 aromatic heterocycles. The van der Waals surface area contributed by atoms with E-state index in [1.54, 1.807) is 18.5 Å². The largest absolute Gasteiger partial charge is 0.497 e. The number of methoxy groups -OCH3 is 1. The van der Waals surface area contributed by atoms with E-state index in [1.165, 1.54) is 0 Å². The molecule has 126 valence electrons. The van der Waals surface area contributed by atoms with Crippen LogP contribution in [0.3, 0.4) is 0 Å². The maximum atomic E-state index is 6.30. The third-order valence-corrected chi connectivity index (χ3v) is 9.71. The maximum absolute atomic E-state index is 6.30. The average Bonchev–Trinajstić information content (AvgIpc) is 2.42. The molecule has 0 saturated carbocycles. The molecule has 0 aliphatic carbocycles. The number of ether oxygens (including phenoxy) is 1. The molecule has 1 rings (SSSR count). The van der Waals surface area contributed by atoms with Crippen LogP contribution in [-0.4, -0.2) is 19.5 Å². The third-order valence-electron chi connectivity index (χ3n) is 2.72. The Balaban J connectivity index is 3.00. The molecule has 0 fully saturated rings. The Morgan fingerprint density at radius 2 is 1.55 bits per heavy atom. The molecular weight excluding hydrogens is 331 g/mol. The summed E-state index contributed by atoms with van der Waals surface area (Å²) in [5.41, 5.74) is -1.76. The maximum Gasteiger partial charge on any atom is 0.148 e. The van der Waals surface area contributed by atoms with E-state index in [2.05, 4.69) is 53.7 Å². The van der Waals surface area contributed by atoms with Crippen LogP contribution in [0.15, 0.2) is 24.3 Å². The van der Waals surface area contributed by atoms with Crippen molar-refractivity contribution in [3.8, 4) is 5.75 Å². The lowest BCUT2D eigenvalue weighted by atomic mass is 9.99. The fourth-order valence-corrected chi connectivity index (χ4v) is 7.37. The molecule has 5 heteroatoms. The van der Waals surface area contributed by atoms with E-state index < -0.39 is 5.47 Å². The van der Waals surface area contributed by atoms with E-state index in [1.807, 2.05) is 12.1 Å². The van der Waals surface area contributed by atoms with E-state index >= 15 is 0 Å². The van der Waals surface area contributed by atoms with Crippen molar-refractivity contribution >= 4 is 34.0 Å². The predicted octanol–water partition coefficient (Wildman–Crippen LogP) is 5.47. The first-order chi connectivity index (χ1) is 9.95. The van der Waals surface area contributed by atoms with Crippen LogP contribution < -0.4 is 10.0 Å². The van der Waals surface area contributed by atoms with Gasteiger partial charge in [0.05, 0.1) is 13.7 Å². The highest BCUT2D eigenvalue weighted by molar-refractivity contribution is 8.71. The molecule has 1 aromatic carbocycles. The van der Waals surface area contributed by atoms with Crippen LogP contribution in [-0.2, 0) is 16.3 Å². The SMILES string of the molecule is COc1ccc(P(=S)(OCC(C)(C)C)SCC(C)(C)C)cc1. The lowest BCUT2D eigenvalue weighted by Gasteiger charge is -2.29. The van der Waals surface area contributed by atoms with E-state index in [-0.39, 0.29) is 10.8 Å². The minimum atomic E-state index is -2.10. The van der Waals surface area contributed by atoms with Gasteiger partial charge in [0.25, 0.3) is 0 Å². The zero-order valence-corrected chi connectivity index (χ0v) is 17.3. The minimum absolute atomic E-state index is 0.110. The van der Waals surface area contributed by atoms with E-state index in [4.69, 9.17) is 21.1 Å². The zero-order chi connectivity index (χ0) is 17.0. The van der Waals surface area contributed by atoms with Crippen LogP contribution in [0.5, 0.6) is 5.75 Å². The number of hydrogen-bond donors (Lipinski definition) is 0. The van der Waals surface area contributed by atoms with Gasteiger partial charge in [0, 0.05) is 11.1 Å². The molecule has 22 heavy (non-hydrogen) atoms. The first-order valence-corrected chi connectivity index (χ1v) is 11.8. The Hall–Kier alpha value is -0.0200. The molecule has 2 nitrogen and oxygen atoms in total. The van der Waals surface area contributed by atoms with Crippen LogP contribution in [0, 0.1) is 10.8 Å². The van der Waals surface area contributed by atoms with Gasteiger partial charge in [-0.1, -0.05) is 64.7 Å². The van der Waals surface area contributed by atoms with Crippen LogP contribution in [0.4, 0.5) is 0 Å². The Bertz CT molecular complexity index is 491. The summed E-state index contributed by atoms with van der Waals surface area (Å²) in [5, 5.41) is 1.11. The monoisotopic (exact) mass is 360 g/mol. The normalized spacial score (nSPS) is 15.4. The standard InChI is InChI=1S/C17H29O2PS2/c1-16(2,3)12-19-20(21,22-13-17(4,5)6)15-10-8-14(18-7)9-11-15/h8-11H,12-13H2,1-7H3. The molecule has 0 spiro atoms. The first kappa shape index (κ1) is 20.0. The molecule has 1 aromatic rings. The van der Waals surface area contributed by atoms with E-state index in [0.29, 0.717) is 6.61 Å². The van der Waals surface area contributed by atoms with Crippen molar-refractivity contribution in [1.29, 1.82) is 0 Å². The third kappa shape index (κ3) is 7.04. The number of benzene rings is 1. The quantitative estimate of drug-likeness (QED) is 0.626. The molecule has 0 amide bonds. The van der Waals surface area contributed by atoms with Gasteiger partial charge in [-0.3, -0.25) is 0 Å². The summed E-state index contributed by atoms with van der Waals surface area (Å²) >= 11 is 7.80. The number of rotatable bonds is 6. The molecule has 1 atom stereocenters. The zero-order valence-electron chi connectivity index (χ0n) is 14.8. The summed E-state index contributed by atoms with van der Waals surface area (Å²) in [6.07, 6.45) is 0. The summed E-state index contributed by atoms with van der Waals surface area (Å²) in [7, 11) is 1.68. The van der Waals surface area contributed by atoms with Gasteiger partial charge in [0.1, 0.15) is 11.2 Å². The van der Waals surface area contributed by atoms with Gasteiger partial charge in [-0.15, -0.1) is 0 Å². The Labute approximate surface area is 145 Å². The number of hydrogen-bond acceptors (Lipinski definition) is 4. The van der Waals surface area contributed by atoms with Crippen LogP contribution in [0.2, 0.25) is 0 Å². The summed E-state index contributed by atoms with van der Waals surface area (Å²) < 4.78 is 11.5. The highest BCUT2D eigenvalue weighted by Crippen LogP contribution is 2.60. The summed E-state index contributed by atoms with van der Waals surface area (Å²) in [6.45, 7) is 13.9. The van der Waals surface area contributed by atoms with Gasteiger partial charge < -0.3 is 9.26 Å². The molecule has 0 saturated heterocycles. The second-order valence-corrected chi connectivity index (χ2v) is 14.7. The van der Waals surface area contributed by atoms with Crippen LogP contribution >= 0.6 is 16.8 Å². The molecule has 0 radical (unpaired) electrons. The Morgan fingerprint density at radius 1 is 1.00 bits per heavy atom. The fraction of sp³-hybridized carbons (Fsp3) is 0.647. The predicted molar refractivity (Wildman–Crippen MR) is 104 cm³/mol. The van der Waals surface area contributed by atoms with Crippen LogP contribution in [0.1, 0.15) is 41.5 Å². The lowest BCUT2D eigenvalue weighted by Crippen LogP contribution is -2.17. The van der Waals surface area contributed by atoms with Crippen molar-refractivity contribution in [3.05, 3.63) is 24.3 Å². The first-order valence-electron chi connectivity index (χ1n) is 7.49. The Morgan fingerprint density at radius 3 is 1.95 bits per heavy atom. The Kier molecular flexibility index (Phi) is 7.01. The topological polar surface area (TPSA) is 18.5 Å². The van der Waals surface area contributed by atoms with E-state index in [9.17, 15) is 0 Å². The molecule has 0 aliphatic heterocycles.